The van der Waals surface area contributed by atoms with Gasteiger partial charge in [0.25, 0.3) is 0 Å². The van der Waals surface area contributed by atoms with Crippen molar-refractivity contribution in [3.63, 3.8) is 0 Å². The molecule has 0 amide bonds. The van der Waals surface area contributed by atoms with Crippen molar-refractivity contribution >= 4 is 60.5 Å². The van der Waals surface area contributed by atoms with Gasteiger partial charge in [-0.2, -0.15) is 0 Å². The van der Waals surface area contributed by atoms with E-state index in [1.54, 1.807) is 0 Å². The first-order valence-electron chi connectivity index (χ1n) is 15.7. The van der Waals surface area contributed by atoms with Crippen LogP contribution in [0.5, 0.6) is 0 Å². The minimum atomic E-state index is 0.866. The largest absolute Gasteiger partial charge is 0.454 e. The highest BCUT2D eigenvalue weighted by Crippen LogP contribution is 2.46. The van der Waals surface area contributed by atoms with Gasteiger partial charge in [0.1, 0.15) is 5.58 Å². The average Bonchev–Trinajstić information content (AvgIpc) is 3.49. The van der Waals surface area contributed by atoms with Gasteiger partial charge in [-0.25, -0.2) is 0 Å². The third-order valence-corrected chi connectivity index (χ3v) is 8.99. The van der Waals surface area contributed by atoms with Crippen LogP contribution in [0.15, 0.2) is 180 Å². The first kappa shape index (κ1) is 26.3. The Hall–Kier alpha value is -6.12. The molecule has 0 saturated heterocycles. The molecule has 0 spiro atoms. The van der Waals surface area contributed by atoms with Gasteiger partial charge in [-0.1, -0.05) is 127 Å². The molecule has 0 aliphatic rings. The van der Waals surface area contributed by atoms with Crippen LogP contribution in [0.2, 0.25) is 0 Å². The van der Waals surface area contributed by atoms with E-state index in [0.29, 0.717) is 0 Å². The predicted molar refractivity (Wildman–Crippen MR) is 194 cm³/mol. The Kier molecular flexibility index (Phi) is 6.17. The molecule has 0 atom stereocenters. The Morgan fingerprint density at radius 1 is 0.348 bits per heavy atom. The molecule has 2 heteroatoms. The van der Waals surface area contributed by atoms with E-state index >= 15 is 0 Å². The van der Waals surface area contributed by atoms with Crippen LogP contribution in [-0.4, -0.2) is 0 Å². The van der Waals surface area contributed by atoms with Crippen LogP contribution in [-0.2, 0) is 0 Å². The molecule has 0 aliphatic heterocycles. The van der Waals surface area contributed by atoms with Crippen molar-refractivity contribution in [3.05, 3.63) is 176 Å². The summed E-state index contributed by atoms with van der Waals surface area (Å²) in [5.74, 6) is 0. The number of benzene rings is 8. The third kappa shape index (κ3) is 4.51. The van der Waals surface area contributed by atoms with Gasteiger partial charge in [0.2, 0.25) is 0 Å². The Morgan fingerprint density at radius 2 is 0.891 bits per heavy atom. The minimum absolute atomic E-state index is 0.866. The van der Waals surface area contributed by atoms with Gasteiger partial charge in [0.15, 0.2) is 5.58 Å². The molecule has 9 aromatic rings. The van der Waals surface area contributed by atoms with Crippen LogP contribution in [0.4, 0.5) is 17.1 Å². The number of hydrogen-bond acceptors (Lipinski definition) is 2. The van der Waals surface area contributed by atoms with Gasteiger partial charge in [-0.15, -0.1) is 0 Å². The number of nitrogens with zero attached hydrogens (tertiary/aromatic N) is 1. The lowest BCUT2D eigenvalue weighted by Crippen LogP contribution is -2.10. The second kappa shape index (κ2) is 10.8. The SMILES string of the molecule is c1ccc(-c2ccc(N(c3ccc4ccccc4c3)c3cc(-c4ccccc4)cc4c3oc3cc5ccccc5cc34)cc2)cc1. The zero-order valence-electron chi connectivity index (χ0n) is 25.1. The van der Waals surface area contributed by atoms with E-state index in [1.165, 1.54) is 38.2 Å². The van der Waals surface area contributed by atoms with E-state index in [4.69, 9.17) is 4.42 Å². The summed E-state index contributed by atoms with van der Waals surface area (Å²) in [4.78, 5) is 2.35. The molecule has 46 heavy (non-hydrogen) atoms. The van der Waals surface area contributed by atoms with Gasteiger partial charge in [-0.05, 0) is 92.3 Å². The quantitative estimate of drug-likeness (QED) is 0.199. The van der Waals surface area contributed by atoms with Crippen molar-refractivity contribution in [1.82, 2.24) is 0 Å². The molecular weight excluding hydrogens is 558 g/mol. The van der Waals surface area contributed by atoms with E-state index in [9.17, 15) is 0 Å². The molecule has 0 fully saturated rings. The van der Waals surface area contributed by atoms with E-state index in [0.717, 1.165) is 44.6 Å². The van der Waals surface area contributed by atoms with Crippen LogP contribution < -0.4 is 4.90 Å². The van der Waals surface area contributed by atoms with E-state index in [-0.39, 0.29) is 0 Å². The summed E-state index contributed by atoms with van der Waals surface area (Å²) in [6, 6.07) is 62.7. The fraction of sp³-hybridized carbons (Fsp3) is 0. The summed E-state index contributed by atoms with van der Waals surface area (Å²) in [6.07, 6.45) is 0. The lowest BCUT2D eigenvalue weighted by molar-refractivity contribution is 0.669. The summed E-state index contributed by atoms with van der Waals surface area (Å²) in [5.41, 5.74) is 9.58. The highest BCUT2D eigenvalue weighted by atomic mass is 16.3. The zero-order valence-corrected chi connectivity index (χ0v) is 25.1. The molecule has 0 saturated carbocycles. The highest BCUT2D eigenvalue weighted by molar-refractivity contribution is 6.15. The van der Waals surface area contributed by atoms with Crippen LogP contribution in [0.25, 0.3) is 65.7 Å². The average molecular weight is 588 g/mol. The van der Waals surface area contributed by atoms with Gasteiger partial charge < -0.3 is 9.32 Å². The maximum absolute atomic E-state index is 6.85. The Labute approximate surface area is 267 Å². The molecule has 0 unspecified atom stereocenters. The summed E-state index contributed by atoms with van der Waals surface area (Å²) in [7, 11) is 0. The summed E-state index contributed by atoms with van der Waals surface area (Å²) < 4.78 is 6.85. The monoisotopic (exact) mass is 587 g/mol. The number of anilines is 3. The van der Waals surface area contributed by atoms with E-state index in [2.05, 4.69) is 181 Å². The molecule has 0 N–H and O–H groups in total. The minimum Gasteiger partial charge on any atom is -0.454 e. The Balaban J connectivity index is 1.34. The van der Waals surface area contributed by atoms with Gasteiger partial charge >= 0.3 is 0 Å². The van der Waals surface area contributed by atoms with Crippen molar-refractivity contribution in [2.45, 2.75) is 0 Å². The molecule has 8 aromatic carbocycles. The maximum atomic E-state index is 6.85. The Morgan fingerprint density at radius 3 is 1.59 bits per heavy atom. The molecule has 0 radical (unpaired) electrons. The topological polar surface area (TPSA) is 16.4 Å². The molecule has 0 aliphatic carbocycles. The molecule has 2 nitrogen and oxygen atoms in total. The number of rotatable bonds is 5. The fourth-order valence-electron chi connectivity index (χ4n) is 6.69. The molecular formula is C44H29NO. The second-order valence-electron chi connectivity index (χ2n) is 11.8. The molecule has 9 rings (SSSR count). The van der Waals surface area contributed by atoms with Crippen LogP contribution >= 0.6 is 0 Å². The highest BCUT2D eigenvalue weighted by Gasteiger charge is 2.22. The van der Waals surface area contributed by atoms with Crippen LogP contribution in [0, 0.1) is 0 Å². The van der Waals surface area contributed by atoms with Crippen LogP contribution in [0.1, 0.15) is 0 Å². The van der Waals surface area contributed by atoms with E-state index in [1.807, 2.05) is 0 Å². The number of hydrogen-bond donors (Lipinski definition) is 0. The van der Waals surface area contributed by atoms with Crippen molar-refractivity contribution < 1.29 is 4.42 Å². The Bertz CT molecular complexity index is 2510. The molecule has 1 aromatic heterocycles. The maximum Gasteiger partial charge on any atom is 0.159 e. The molecule has 0 bridgehead atoms. The second-order valence-corrected chi connectivity index (χ2v) is 11.8. The molecule has 216 valence electrons. The van der Waals surface area contributed by atoms with Gasteiger partial charge in [0, 0.05) is 22.1 Å². The smallest absolute Gasteiger partial charge is 0.159 e. The number of furan rings is 1. The summed E-state index contributed by atoms with van der Waals surface area (Å²) >= 11 is 0. The molecule has 1 heterocycles. The van der Waals surface area contributed by atoms with Gasteiger partial charge in [-0.3, -0.25) is 0 Å². The fourth-order valence-corrected chi connectivity index (χ4v) is 6.69. The summed E-state index contributed by atoms with van der Waals surface area (Å²) in [6.45, 7) is 0. The van der Waals surface area contributed by atoms with Crippen molar-refractivity contribution in [3.8, 4) is 22.3 Å². The van der Waals surface area contributed by atoms with Crippen molar-refractivity contribution in [2.24, 2.45) is 0 Å². The third-order valence-electron chi connectivity index (χ3n) is 8.99. The van der Waals surface area contributed by atoms with Crippen molar-refractivity contribution in [2.75, 3.05) is 4.90 Å². The van der Waals surface area contributed by atoms with Crippen LogP contribution in [0.3, 0.4) is 0 Å². The first-order valence-corrected chi connectivity index (χ1v) is 15.7. The number of fused-ring (bicyclic) bond motifs is 5. The van der Waals surface area contributed by atoms with Gasteiger partial charge in [0.05, 0.1) is 5.69 Å². The zero-order chi connectivity index (χ0) is 30.5. The van der Waals surface area contributed by atoms with E-state index < -0.39 is 0 Å². The predicted octanol–water partition coefficient (Wildman–Crippen LogP) is 12.7. The first-order chi connectivity index (χ1) is 22.8. The van der Waals surface area contributed by atoms with Crippen molar-refractivity contribution in [1.29, 1.82) is 0 Å². The summed E-state index contributed by atoms with van der Waals surface area (Å²) in [5, 5.41) is 6.99. The lowest BCUT2D eigenvalue weighted by Gasteiger charge is -2.27. The lowest BCUT2D eigenvalue weighted by atomic mass is 9.99. The normalized spacial score (nSPS) is 11.5. The standard InChI is InChI=1S/C44H29NO/c1-3-11-30(12-4-1)33-19-22-38(23-20-33)45(39-24-21-32-15-7-8-16-34(32)25-39)42-28-37(31-13-5-2-6-14-31)27-41-40-26-35-17-9-10-18-36(35)29-43(40)46-44(41)42/h1-29H.